The van der Waals surface area contributed by atoms with Crippen LogP contribution in [0.15, 0.2) is 54.1 Å². The molecule has 2 aromatic rings. The quantitative estimate of drug-likeness (QED) is 0.356. The van der Waals surface area contributed by atoms with Gasteiger partial charge in [-0.15, -0.1) is 0 Å². The molecule has 2 aromatic carbocycles. The molecule has 0 saturated heterocycles. The number of carbonyl (C=O) groups excluding carboxylic acids is 3. The fourth-order valence-corrected chi connectivity index (χ4v) is 2.21. The Hall–Kier alpha value is -3.43. The van der Waals surface area contributed by atoms with E-state index in [9.17, 15) is 14.4 Å². The number of halogens is 1. The highest BCUT2D eigenvalue weighted by atomic mass is 35.5. The van der Waals surface area contributed by atoms with Crippen LogP contribution in [0.25, 0.3) is 6.08 Å². The molecule has 0 fully saturated rings. The summed E-state index contributed by atoms with van der Waals surface area (Å²) in [5.41, 5.74) is 1.20. The molecule has 0 bridgehead atoms. The van der Waals surface area contributed by atoms with E-state index in [-0.39, 0.29) is 11.4 Å². The third-order valence-corrected chi connectivity index (χ3v) is 3.66. The van der Waals surface area contributed by atoms with E-state index in [1.165, 1.54) is 19.1 Å². The number of nitrogens with zero attached hydrogens (tertiary/aromatic N) is 1. The largest absolute Gasteiger partial charge is 0.451 e. The molecule has 0 aliphatic carbocycles. The molecule has 0 spiro atoms. The Morgan fingerprint density at radius 1 is 1.19 bits per heavy atom. The number of esters is 1. The number of amides is 1. The maximum Gasteiger partial charge on any atom is 0.349 e. The van der Waals surface area contributed by atoms with Crippen LogP contribution >= 0.6 is 11.6 Å². The summed E-state index contributed by atoms with van der Waals surface area (Å²) in [6, 6.07) is 14.6. The lowest BCUT2D eigenvalue weighted by atomic mass is 10.1. The molecule has 136 valence electrons. The lowest BCUT2D eigenvalue weighted by Gasteiger charge is -2.07. The van der Waals surface area contributed by atoms with Crippen molar-refractivity contribution in [2.75, 3.05) is 11.9 Å². The van der Waals surface area contributed by atoms with Crippen LogP contribution in [0.4, 0.5) is 5.69 Å². The standard InChI is InChI=1S/C20H15ClN2O4/c1-13(24)15-3-2-4-18(10-15)23-19(25)12-27-20(26)16(11-22)9-14-5-7-17(21)8-6-14/h2-10H,12H2,1H3,(H,23,25)/b16-9+. The summed E-state index contributed by atoms with van der Waals surface area (Å²) in [4.78, 5) is 35.2. The molecule has 6 nitrogen and oxygen atoms in total. The van der Waals surface area contributed by atoms with Gasteiger partial charge in [0.15, 0.2) is 12.4 Å². The van der Waals surface area contributed by atoms with E-state index in [2.05, 4.69) is 5.32 Å². The van der Waals surface area contributed by atoms with Crippen molar-refractivity contribution < 1.29 is 19.1 Å². The number of ketones is 1. The number of Topliss-reactive ketones (excluding diaryl/α,β-unsaturated/α-hetero) is 1. The van der Waals surface area contributed by atoms with Crippen molar-refractivity contribution in [1.82, 2.24) is 0 Å². The van der Waals surface area contributed by atoms with Gasteiger partial charge in [0.2, 0.25) is 0 Å². The first-order valence-electron chi connectivity index (χ1n) is 7.84. The summed E-state index contributed by atoms with van der Waals surface area (Å²) in [7, 11) is 0. The average molecular weight is 383 g/mol. The van der Waals surface area contributed by atoms with Gasteiger partial charge < -0.3 is 10.1 Å². The number of rotatable bonds is 6. The maximum atomic E-state index is 12.0. The molecular weight excluding hydrogens is 368 g/mol. The van der Waals surface area contributed by atoms with Gasteiger partial charge in [-0.2, -0.15) is 5.26 Å². The van der Waals surface area contributed by atoms with E-state index >= 15 is 0 Å². The maximum absolute atomic E-state index is 12.0. The molecule has 1 amide bonds. The Balaban J connectivity index is 1.96. The number of nitriles is 1. The predicted molar refractivity (Wildman–Crippen MR) is 101 cm³/mol. The van der Waals surface area contributed by atoms with Gasteiger partial charge in [-0.1, -0.05) is 35.9 Å². The first kappa shape index (κ1) is 19.9. The van der Waals surface area contributed by atoms with Gasteiger partial charge in [0.05, 0.1) is 0 Å². The van der Waals surface area contributed by atoms with Crippen LogP contribution < -0.4 is 5.32 Å². The third-order valence-electron chi connectivity index (χ3n) is 3.41. The van der Waals surface area contributed by atoms with Gasteiger partial charge in [0.1, 0.15) is 11.6 Å². The fraction of sp³-hybridized carbons (Fsp3) is 0.100. The molecule has 27 heavy (non-hydrogen) atoms. The summed E-state index contributed by atoms with van der Waals surface area (Å²) in [5.74, 6) is -1.64. The number of anilines is 1. The second-order valence-corrected chi connectivity index (χ2v) is 5.92. The van der Waals surface area contributed by atoms with Crippen LogP contribution in [0.3, 0.4) is 0 Å². The van der Waals surface area contributed by atoms with Crippen LogP contribution in [-0.2, 0) is 14.3 Å². The molecule has 1 N–H and O–H groups in total. The Labute approximate surface area is 161 Å². The van der Waals surface area contributed by atoms with Crippen LogP contribution in [0.5, 0.6) is 0 Å². The normalized spacial score (nSPS) is 10.6. The van der Waals surface area contributed by atoms with Gasteiger partial charge in [0, 0.05) is 16.3 Å². The number of benzene rings is 2. The van der Waals surface area contributed by atoms with E-state index < -0.39 is 18.5 Å². The van der Waals surface area contributed by atoms with E-state index in [1.807, 2.05) is 0 Å². The van der Waals surface area contributed by atoms with Gasteiger partial charge in [-0.3, -0.25) is 9.59 Å². The van der Waals surface area contributed by atoms with Crippen molar-refractivity contribution in [3.63, 3.8) is 0 Å². The van der Waals surface area contributed by atoms with E-state index in [0.29, 0.717) is 21.8 Å². The van der Waals surface area contributed by atoms with Crippen LogP contribution in [0.2, 0.25) is 5.02 Å². The topological polar surface area (TPSA) is 96.3 Å². The van der Waals surface area contributed by atoms with Crippen LogP contribution in [-0.4, -0.2) is 24.3 Å². The van der Waals surface area contributed by atoms with Crippen LogP contribution in [0, 0.1) is 11.3 Å². The van der Waals surface area contributed by atoms with Gasteiger partial charge in [-0.25, -0.2) is 4.79 Å². The molecule has 0 atom stereocenters. The molecule has 0 aliphatic heterocycles. The van der Waals surface area contributed by atoms with Gasteiger partial charge in [0.25, 0.3) is 5.91 Å². The van der Waals surface area contributed by atoms with E-state index in [0.717, 1.165) is 0 Å². The minimum atomic E-state index is -0.917. The summed E-state index contributed by atoms with van der Waals surface area (Å²) >= 11 is 5.78. The second-order valence-electron chi connectivity index (χ2n) is 5.48. The number of nitrogens with one attached hydrogen (secondary N) is 1. The Morgan fingerprint density at radius 3 is 2.52 bits per heavy atom. The zero-order valence-corrected chi connectivity index (χ0v) is 15.1. The third kappa shape index (κ3) is 6.10. The number of hydrogen-bond donors (Lipinski definition) is 1. The van der Waals surface area contributed by atoms with Crippen molar-refractivity contribution in [3.05, 3.63) is 70.3 Å². The minimum absolute atomic E-state index is 0.136. The summed E-state index contributed by atoms with van der Waals surface area (Å²) in [6.07, 6.45) is 1.34. The van der Waals surface area contributed by atoms with E-state index in [4.69, 9.17) is 21.6 Å². The average Bonchev–Trinajstić information content (AvgIpc) is 2.65. The number of ether oxygens (including phenoxy) is 1. The SMILES string of the molecule is CC(=O)c1cccc(NC(=O)COC(=O)/C(C#N)=C/c2ccc(Cl)cc2)c1. The molecule has 0 aromatic heterocycles. The Kier molecular flexibility index (Phi) is 6.86. The minimum Gasteiger partial charge on any atom is -0.451 e. The number of carbonyl (C=O) groups is 3. The summed E-state index contributed by atoms with van der Waals surface area (Å²) < 4.78 is 4.87. The first-order valence-corrected chi connectivity index (χ1v) is 8.22. The van der Waals surface area contributed by atoms with Gasteiger partial charge >= 0.3 is 5.97 Å². The molecule has 0 unspecified atom stereocenters. The highest BCUT2D eigenvalue weighted by molar-refractivity contribution is 6.30. The fourth-order valence-electron chi connectivity index (χ4n) is 2.08. The molecule has 0 aliphatic rings. The van der Waals surface area contributed by atoms with Crippen molar-refractivity contribution in [2.45, 2.75) is 6.92 Å². The smallest absolute Gasteiger partial charge is 0.349 e. The second kappa shape index (κ2) is 9.32. The molecule has 0 heterocycles. The van der Waals surface area contributed by atoms with Crippen LogP contribution in [0.1, 0.15) is 22.8 Å². The zero-order valence-electron chi connectivity index (χ0n) is 14.4. The molecule has 7 heteroatoms. The Bertz CT molecular complexity index is 943. The number of hydrogen-bond acceptors (Lipinski definition) is 5. The lowest BCUT2D eigenvalue weighted by molar-refractivity contribution is -0.142. The van der Waals surface area contributed by atoms with Crippen molar-refractivity contribution in [1.29, 1.82) is 5.26 Å². The molecular formula is C20H15ClN2O4. The predicted octanol–water partition coefficient (Wildman–Crippen LogP) is 3.63. The zero-order chi connectivity index (χ0) is 19.8. The van der Waals surface area contributed by atoms with Crippen molar-refractivity contribution >= 4 is 41.0 Å². The molecule has 0 radical (unpaired) electrons. The lowest BCUT2D eigenvalue weighted by Crippen LogP contribution is -2.21. The monoisotopic (exact) mass is 382 g/mol. The highest BCUT2D eigenvalue weighted by Gasteiger charge is 2.13. The Morgan fingerprint density at radius 2 is 1.89 bits per heavy atom. The highest BCUT2D eigenvalue weighted by Crippen LogP contribution is 2.14. The molecule has 2 rings (SSSR count). The molecule has 0 saturated carbocycles. The van der Waals surface area contributed by atoms with Crippen molar-refractivity contribution in [3.8, 4) is 6.07 Å². The van der Waals surface area contributed by atoms with E-state index in [1.54, 1.807) is 48.5 Å². The first-order chi connectivity index (χ1) is 12.9. The summed E-state index contributed by atoms with van der Waals surface area (Å²) in [5, 5.41) is 12.2. The van der Waals surface area contributed by atoms with Gasteiger partial charge in [-0.05, 0) is 42.8 Å². The van der Waals surface area contributed by atoms with Crippen molar-refractivity contribution in [2.24, 2.45) is 0 Å². The summed E-state index contributed by atoms with van der Waals surface area (Å²) in [6.45, 7) is 0.849.